The van der Waals surface area contributed by atoms with Crippen LogP contribution in [0.4, 0.5) is 0 Å². The van der Waals surface area contributed by atoms with Gasteiger partial charge in [0.25, 0.3) is 0 Å². The third-order valence-electron chi connectivity index (χ3n) is 5.06. The van der Waals surface area contributed by atoms with Gasteiger partial charge in [-0.15, -0.1) is 9.13 Å². The molecule has 0 aliphatic rings. The normalized spacial score (nSPS) is 10.1. The van der Waals surface area contributed by atoms with Gasteiger partial charge in [0.2, 0.25) is 0 Å². The molecule has 2 aromatic carbocycles. The Morgan fingerprint density at radius 1 is 0.588 bits per heavy atom. The molecular formula is C26H20Br4N2O2. The van der Waals surface area contributed by atoms with Gasteiger partial charge in [0.15, 0.2) is 24.8 Å². The van der Waals surface area contributed by atoms with E-state index in [4.69, 9.17) is 0 Å². The maximum Gasteiger partial charge on any atom is 0.396 e. The predicted molar refractivity (Wildman–Crippen MR) is 129 cm³/mol. The zero-order valence-electron chi connectivity index (χ0n) is 17.9. The Kier molecular flexibility index (Phi) is 11.0. The van der Waals surface area contributed by atoms with Crippen molar-refractivity contribution in [1.82, 2.24) is 0 Å². The lowest BCUT2D eigenvalue weighted by Gasteiger charge is -2.05. The maximum absolute atomic E-state index is 12.5. The van der Waals surface area contributed by atoms with E-state index in [0.717, 1.165) is 31.2 Å². The highest BCUT2D eigenvalue weighted by molar-refractivity contribution is 9.10. The van der Waals surface area contributed by atoms with Crippen molar-refractivity contribution in [2.24, 2.45) is 0 Å². The van der Waals surface area contributed by atoms with Crippen LogP contribution in [0, 0.1) is 0 Å². The van der Waals surface area contributed by atoms with Gasteiger partial charge < -0.3 is 34.0 Å². The molecule has 4 nitrogen and oxygen atoms in total. The molecule has 0 amide bonds. The van der Waals surface area contributed by atoms with Crippen molar-refractivity contribution >= 4 is 43.7 Å². The van der Waals surface area contributed by atoms with Gasteiger partial charge >= 0.3 is 11.8 Å². The largest absolute Gasteiger partial charge is 1.00 e. The number of halogens is 4. The molecule has 0 unspecified atom stereocenters. The molecule has 174 valence electrons. The first-order chi connectivity index (χ1) is 15.5. The number of nitrogens with zero attached hydrogens (tertiary/aromatic N) is 2. The highest BCUT2D eigenvalue weighted by atomic mass is 79.9. The summed E-state index contributed by atoms with van der Waals surface area (Å²) in [5.74, 6) is 0.0211. The lowest BCUT2D eigenvalue weighted by molar-refractivity contribution is -0.575. The molecule has 0 fully saturated rings. The molecule has 0 N–H and O–H groups in total. The molecule has 34 heavy (non-hydrogen) atoms. The van der Waals surface area contributed by atoms with E-state index in [1.165, 1.54) is 0 Å². The number of benzene rings is 2. The minimum absolute atomic E-state index is 0. The SMILES string of the molecule is O=C(Cc1ccc(-c2ccc(CC(=O)[n+]3cccc(Br)c3)cc2)cc1)[n+]1cccc(Br)c1.[Br-].[Br-]. The van der Waals surface area contributed by atoms with Crippen LogP contribution in [0.1, 0.15) is 20.7 Å². The molecule has 0 atom stereocenters. The van der Waals surface area contributed by atoms with E-state index in [9.17, 15) is 9.59 Å². The van der Waals surface area contributed by atoms with Crippen LogP contribution in [-0.2, 0) is 12.8 Å². The second kappa shape index (κ2) is 13.2. The number of aromatic nitrogens is 2. The van der Waals surface area contributed by atoms with E-state index in [0.29, 0.717) is 12.8 Å². The monoisotopic (exact) mass is 708 g/mol. The molecule has 0 aliphatic carbocycles. The summed E-state index contributed by atoms with van der Waals surface area (Å²) >= 11 is 6.78. The Balaban J connectivity index is 0.00000204. The second-order valence-corrected chi connectivity index (χ2v) is 9.23. The Morgan fingerprint density at radius 2 is 0.941 bits per heavy atom. The summed E-state index contributed by atoms with van der Waals surface area (Å²) < 4.78 is 4.91. The summed E-state index contributed by atoms with van der Waals surface area (Å²) in [6.07, 6.45) is 7.69. The Hall–Kier alpha value is -2.00. The van der Waals surface area contributed by atoms with Crippen LogP contribution in [0.2, 0.25) is 0 Å². The summed E-state index contributed by atoms with van der Waals surface area (Å²) in [5.41, 5.74) is 4.05. The third-order valence-corrected chi connectivity index (χ3v) is 6.00. The van der Waals surface area contributed by atoms with Crippen LogP contribution in [-0.4, -0.2) is 11.8 Å². The van der Waals surface area contributed by atoms with Crippen LogP contribution >= 0.6 is 31.9 Å². The summed E-state index contributed by atoms with van der Waals surface area (Å²) in [5, 5.41) is 0. The number of pyridine rings is 2. The van der Waals surface area contributed by atoms with Gasteiger partial charge in [0.05, 0.1) is 21.8 Å². The van der Waals surface area contributed by atoms with Gasteiger partial charge in [-0.05, 0) is 66.2 Å². The molecule has 2 aromatic heterocycles. The fraction of sp³-hybridized carbons (Fsp3) is 0.0769. The second-order valence-electron chi connectivity index (χ2n) is 7.39. The van der Waals surface area contributed by atoms with Crippen molar-refractivity contribution in [2.75, 3.05) is 0 Å². The fourth-order valence-corrected chi connectivity index (χ4v) is 4.11. The van der Waals surface area contributed by atoms with Gasteiger partial charge in [-0.1, -0.05) is 48.5 Å². The van der Waals surface area contributed by atoms with Gasteiger partial charge in [-0.2, -0.15) is 0 Å². The molecule has 4 rings (SSSR count). The Morgan fingerprint density at radius 3 is 1.26 bits per heavy atom. The standard InChI is InChI=1S/C26H20Br2N2O2.2BrH/c27-23-3-1-13-29(17-23)25(31)15-19-5-9-21(10-6-19)22-11-7-20(8-12-22)16-26(32)30-14-2-4-24(28)18-30;;/h1-14,17-18H,15-16H2;2*1H/q+2;;/p-2. The molecular weight excluding hydrogens is 692 g/mol. The lowest BCUT2D eigenvalue weighted by atomic mass is 10.0. The van der Waals surface area contributed by atoms with E-state index < -0.39 is 0 Å². The highest BCUT2D eigenvalue weighted by Crippen LogP contribution is 2.21. The zero-order valence-corrected chi connectivity index (χ0v) is 24.2. The van der Waals surface area contributed by atoms with Crippen molar-refractivity contribution < 1.29 is 52.7 Å². The molecule has 0 saturated carbocycles. The molecule has 0 bridgehead atoms. The number of carbonyl (C=O) groups is 2. The van der Waals surface area contributed by atoms with Crippen molar-refractivity contribution in [1.29, 1.82) is 0 Å². The Labute approximate surface area is 236 Å². The number of rotatable bonds is 5. The molecule has 2 heterocycles. The van der Waals surface area contributed by atoms with Crippen molar-refractivity contribution in [2.45, 2.75) is 12.8 Å². The summed E-state index contributed by atoms with van der Waals surface area (Å²) in [7, 11) is 0. The van der Waals surface area contributed by atoms with Gasteiger partial charge in [-0.25, -0.2) is 9.59 Å². The van der Waals surface area contributed by atoms with Crippen LogP contribution in [0.3, 0.4) is 0 Å². The van der Waals surface area contributed by atoms with E-state index in [1.807, 2.05) is 72.8 Å². The third kappa shape index (κ3) is 7.50. The van der Waals surface area contributed by atoms with E-state index in [-0.39, 0.29) is 45.8 Å². The van der Waals surface area contributed by atoms with Gasteiger partial charge in [0, 0.05) is 12.1 Å². The smallest absolute Gasteiger partial charge is 0.396 e. The highest BCUT2D eigenvalue weighted by Gasteiger charge is 2.16. The van der Waals surface area contributed by atoms with Crippen LogP contribution < -0.4 is 43.1 Å². The lowest BCUT2D eigenvalue weighted by Crippen LogP contribution is -3.00. The summed E-state index contributed by atoms with van der Waals surface area (Å²) in [4.78, 5) is 25.0. The maximum atomic E-state index is 12.5. The minimum atomic E-state index is 0. The van der Waals surface area contributed by atoms with Crippen molar-refractivity contribution in [3.05, 3.63) is 118 Å². The predicted octanol–water partition coefficient (Wildman–Crippen LogP) is -0.773. The molecule has 0 spiro atoms. The van der Waals surface area contributed by atoms with Gasteiger partial charge in [0.1, 0.15) is 0 Å². The average Bonchev–Trinajstić information content (AvgIpc) is 2.80. The number of hydrogen-bond acceptors (Lipinski definition) is 2. The summed E-state index contributed by atoms with van der Waals surface area (Å²) in [6.45, 7) is 0. The van der Waals surface area contributed by atoms with E-state index in [1.54, 1.807) is 33.9 Å². The number of hydrogen-bond donors (Lipinski definition) is 0. The van der Waals surface area contributed by atoms with Crippen molar-refractivity contribution in [3.8, 4) is 11.1 Å². The van der Waals surface area contributed by atoms with Crippen LogP contribution in [0.25, 0.3) is 11.1 Å². The van der Waals surface area contributed by atoms with Crippen LogP contribution in [0.15, 0.2) is 107 Å². The quantitative estimate of drug-likeness (QED) is 0.256. The first kappa shape index (κ1) is 28.2. The molecule has 8 heteroatoms. The topological polar surface area (TPSA) is 41.9 Å². The average molecular weight is 712 g/mol. The fourth-order valence-electron chi connectivity index (χ4n) is 3.37. The van der Waals surface area contributed by atoms with Gasteiger partial charge in [-0.3, -0.25) is 0 Å². The number of carbonyl (C=O) groups excluding carboxylic acids is 2. The van der Waals surface area contributed by atoms with Crippen LogP contribution in [0.5, 0.6) is 0 Å². The first-order valence-corrected chi connectivity index (χ1v) is 11.6. The summed E-state index contributed by atoms with van der Waals surface area (Å²) in [6, 6.07) is 23.4. The molecule has 0 saturated heterocycles. The molecule has 0 radical (unpaired) electrons. The van der Waals surface area contributed by atoms with Crippen molar-refractivity contribution in [3.63, 3.8) is 0 Å². The minimum Gasteiger partial charge on any atom is -1.00 e. The zero-order chi connectivity index (χ0) is 22.5. The van der Waals surface area contributed by atoms with E-state index >= 15 is 0 Å². The van der Waals surface area contributed by atoms with E-state index in [2.05, 4.69) is 31.9 Å². The molecule has 0 aliphatic heterocycles. The first-order valence-electron chi connectivity index (χ1n) is 10.1. The molecule has 4 aromatic rings. The Bertz CT molecular complexity index is 1180.